The van der Waals surface area contributed by atoms with E-state index in [0.29, 0.717) is 11.3 Å². The van der Waals surface area contributed by atoms with E-state index >= 15 is 0 Å². The van der Waals surface area contributed by atoms with E-state index in [1.807, 2.05) is 6.07 Å². The number of halogens is 2. The third-order valence-corrected chi connectivity index (χ3v) is 6.15. The fraction of sp³-hybridized carbons (Fsp3) is 0.222. The van der Waals surface area contributed by atoms with Crippen LogP contribution in [-0.2, 0) is 11.3 Å². The lowest BCUT2D eigenvalue weighted by atomic mass is 10.00. The summed E-state index contributed by atoms with van der Waals surface area (Å²) in [5, 5.41) is 12.1. The van der Waals surface area contributed by atoms with Gasteiger partial charge in [-0.1, -0.05) is 44.2 Å². The van der Waals surface area contributed by atoms with E-state index in [0.717, 1.165) is 22.8 Å². The summed E-state index contributed by atoms with van der Waals surface area (Å²) >= 11 is 0. The number of nitrogens with zero attached hydrogens (tertiary/aromatic N) is 1. The molecule has 0 saturated heterocycles. The highest BCUT2D eigenvalue weighted by molar-refractivity contribution is 6.05. The number of amides is 2. The number of nitrogens with one attached hydrogen (secondary N) is 1. The summed E-state index contributed by atoms with van der Waals surface area (Å²) in [5.41, 5.74) is 2.58. The molecule has 0 radical (unpaired) electrons. The Bertz CT molecular complexity index is 1340. The molecule has 1 heterocycles. The van der Waals surface area contributed by atoms with Gasteiger partial charge in [-0.2, -0.15) is 0 Å². The van der Waals surface area contributed by atoms with Gasteiger partial charge >= 0.3 is 5.97 Å². The molecule has 2 amide bonds. The molecule has 8 heteroatoms. The molecule has 1 aliphatic rings. The number of carbonyl (C=O) groups is 3. The minimum atomic E-state index is -1.04. The predicted octanol–water partition coefficient (Wildman–Crippen LogP) is 5.26. The van der Waals surface area contributed by atoms with Gasteiger partial charge in [0.25, 0.3) is 11.8 Å². The molecule has 1 aliphatic heterocycles. The summed E-state index contributed by atoms with van der Waals surface area (Å²) in [5.74, 6) is -4.34. The van der Waals surface area contributed by atoms with E-state index in [4.69, 9.17) is 0 Å². The fourth-order valence-corrected chi connectivity index (χ4v) is 4.31. The van der Waals surface area contributed by atoms with Crippen LogP contribution in [0.3, 0.4) is 0 Å². The van der Waals surface area contributed by atoms with E-state index in [2.05, 4.69) is 5.32 Å². The summed E-state index contributed by atoms with van der Waals surface area (Å²) < 4.78 is 28.3. The molecule has 3 aromatic rings. The molecule has 0 fully saturated rings. The molecule has 35 heavy (non-hydrogen) atoms. The second kappa shape index (κ2) is 9.29. The van der Waals surface area contributed by atoms with Gasteiger partial charge in [0.2, 0.25) is 0 Å². The summed E-state index contributed by atoms with van der Waals surface area (Å²) in [6, 6.07) is 13.4. The molecule has 180 valence electrons. The van der Waals surface area contributed by atoms with Crippen LogP contribution in [0.2, 0.25) is 0 Å². The van der Waals surface area contributed by atoms with Gasteiger partial charge in [0.15, 0.2) is 0 Å². The van der Waals surface area contributed by atoms with Crippen molar-refractivity contribution in [2.45, 2.75) is 33.4 Å². The van der Waals surface area contributed by atoms with Crippen LogP contribution in [0.5, 0.6) is 0 Å². The van der Waals surface area contributed by atoms with Gasteiger partial charge in [-0.3, -0.25) is 9.59 Å². The van der Waals surface area contributed by atoms with Crippen molar-refractivity contribution in [3.8, 4) is 11.1 Å². The summed E-state index contributed by atoms with van der Waals surface area (Å²) in [6.07, 6.45) is 0. The molecular formula is C27H24F2N2O4. The third kappa shape index (κ3) is 4.51. The van der Waals surface area contributed by atoms with Gasteiger partial charge in [0, 0.05) is 17.8 Å². The summed E-state index contributed by atoms with van der Waals surface area (Å²) in [7, 11) is 0. The Labute approximate surface area is 201 Å². The molecule has 0 aliphatic carbocycles. The quantitative estimate of drug-likeness (QED) is 0.506. The molecular weight excluding hydrogens is 454 g/mol. The largest absolute Gasteiger partial charge is 0.480 e. The number of rotatable bonds is 6. The number of benzene rings is 3. The SMILES string of the molecule is Cc1ccc(F)c(C(=O)Nc2ccc(-c3ccc4c(c3)C(=O)N([C@H](C(=O)O)C(C)C)C4)cc2)c1F. The van der Waals surface area contributed by atoms with Gasteiger partial charge in [-0.25, -0.2) is 13.6 Å². The third-order valence-electron chi connectivity index (χ3n) is 6.15. The fourth-order valence-electron chi connectivity index (χ4n) is 4.31. The van der Waals surface area contributed by atoms with Gasteiger partial charge in [0.1, 0.15) is 23.2 Å². The second-order valence-corrected chi connectivity index (χ2v) is 8.92. The highest BCUT2D eigenvalue weighted by atomic mass is 19.1. The van der Waals surface area contributed by atoms with E-state index in [1.165, 1.54) is 17.9 Å². The highest BCUT2D eigenvalue weighted by Crippen LogP contribution is 2.31. The average molecular weight is 478 g/mol. The average Bonchev–Trinajstić information content (AvgIpc) is 3.12. The van der Waals surface area contributed by atoms with Crippen LogP contribution >= 0.6 is 0 Å². The molecule has 1 atom stereocenters. The monoisotopic (exact) mass is 478 g/mol. The van der Waals surface area contributed by atoms with Crippen LogP contribution in [0.1, 0.15) is 45.7 Å². The first-order valence-electron chi connectivity index (χ1n) is 11.1. The molecule has 2 N–H and O–H groups in total. The van der Waals surface area contributed by atoms with Crippen molar-refractivity contribution < 1.29 is 28.3 Å². The summed E-state index contributed by atoms with van der Waals surface area (Å²) in [6.45, 7) is 5.22. The predicted molar refractivity (Wildman–Crippen MR) is 127 cm³/mol. The lowest BCUT2D eigenvalue weighted by Gasteiger charge is -2.27. The Balaban J connectivity index is 1.54. The van der Waals surface area contributed by atoms with Gasteiger partial charge in [-0.15, -0.1) is 0 Å². The lowest BCUT2D eigenvalue weighted by molar-refractivity contribution is -0.144. The number of hydrogen-bond acceptors (Lipinski definition) is 3. The Morgan fingerprint density at radius 1 is 1.00 bits per heavy atom. The van der Waals surface area contributed by atoms with Crippen molar-refractivity contribution in [1.82, 2.24) is 4.90 Å². The maximum absolute atomic E-state index is 14.2. The van der Waals surface area contributed by atoms with Crippen LogP contribution in [0.25, 0.3) is 11.1 Å². The number of anilines is 1. The lowest BCUT2D eigenvalue weighted by Crippen LogP contribution is -2.44. The normalized spacial score (nSPS) is 13.7. The van der Waals surface area contributed by atoms with Crippen molar-refractivity contribution in [3.63, 3.8) is 0 Å². The summed E-state index contributed by atoms with van der Waals surface area (Å²) in [4.78, 5) is 38.5. The van der Waals surface area contributed by atoms with E-state index in [9.17, 15) is 28.3 Å². The van der Waals surface area contributed by atoms with E-state index in [1.54, 1.807) is 50.2 Å². The maximum Gasteiger partial charge on any atom is 0.326 e. The minimum absolute atomic E-state index is 0.166. The first-order chi connectivity index (χ1) is 16.6. The highest BCUT2D eigenvalue weighted by Gasteiger charge is 2.38. The number of hydrogen-bond donors (Lipinski definition) is 2. The van der Waals surface area contributed by atoms with Crippen molar-refractivity contribution in [2.75, 3.05) is 5.32 Å². The van der Waals surface area contributed by atoms with Gasteiger partial charge in [-0.05, 0) is 59.4 Å². The van der Waals surface area contributed by atoms with Crippen LogP contribution in [0.15, 0.2) is 54.6 Å². The van der Waals surface area contributed by atoms with Crippen LogP contribution in [0.4, 0.5) is 14.5 Å². The van der Waals surface area contributed by atoms with Crippen LogP contribution in [-0.4, -0.2) is 33.8 Å². The van der Waals surface area contributed by atoms with Crippen molar-refractivity contribution in [3.05, 3.63) is 88.5 Å². The van der Waals surface area contributed by atoms with Crippen molar-refractivity contribution in [2.24, 2.45) is 5.92 Å². The molecule has 0 aromatic heterocycles. The zero-order chi connectivity index (χ0) is 25.4. The zero-order valence-electron chi connectivity index (χ0n) is 19.4. The van der Waals surface area contributed by atoms with Gasteiger partial charge in [0.05, 0.1) is 0 Å². The first kappa shape index (κ1) is 24.1. The van der Waals surface area contributed by atoms with Crippen molar-refractivity contribution >= 4 is 23.5 Å². The standard InChI is InChI=1S/C27H24F2N2O4/c1-14(2)24(27(34)35)31-13-18-6-5-17(12-20(18)26(31)33)16-7-9-19(10-8-16)30-25(32)22-21(28)11-4-15(3)23(22)29/h4-12,14,24H,13H2,1-3H3,(H,30,32)(H,34,35)/t24-/m0/s1. The topological polar surface area (TPSA) is 86.7 Å². The molecule has 3 aromatic carbocycles. The van der Waals surface area contributed by atoms with Crippen molar-refractivity contribution in [1.29, 1.82) is 0 Å². The number of carbonyl (C=O) groups excluding carboxylic acids is 2. The number of carboxylic acids is 1. The second-order valence-electron chi connectivity index (χ2n) is 8.92. The van der Waals surface area contributed by atoms with Gasteiger partial charge < -0.3 is 15.3 Å². The van der Waals surface area contributed by atoms with Crippen LogP contribution < -0.4 is 5.32 Å². The van der Waals surface area contributed by atoms with Crippen LogP contribution in [0, 0.1) is 24.5 Å². The Hall–Kier alpha value is -4.07. The Morgan fingerprint density at radius 3 is 2.29 bits per heavy atom. The van der Waals surface area contributed by atoms with E-state index < -0.39 is 35.1 Å². The first-order valence-corrected chi connectivity index (χ1v) is 11.1. The Morgan fingerprint density at radius 2 is 1.66 bits per heavy atom. The number of fused-ring (bicyclic) bond motifs is 1. The molecule has 0 saturated carbocycles. The maximum atomic E-state index is 14.2. The number of carboxylic acid groups (broad SMARTS) is 1. The molecule has 0 unspecified atom stereocenters. The number of aryl methyl sites for hydroxylation is 1. The minimum Gasteiger partial charge on any atom is -0.480 e. The molecule has 4 rings (SSSR count). The molecule has 6 nitrogen and oxygen atoms in total. The smallest absolute Gasteiger partial charge is 0.326 e. The zero-order valence-corrected chi connectivity index (χ0v) is 19.4. The molecule has 0 bridgehead atoms. The van der Waals surface area contributed by atoms with E-state index in [-0.39, 0.29) is 23.9 Å². The molecule has 0 spiro atoms. The Kier molecular flexibility index (Phi) is 6.39. The number of aliphatic carboxylic acids is 1.